The average Bonchev–Trinajstić information content (AvgIpc) is 2.75. The van der Waals surface area contributed by atoms with Gasteiger partial charge in [0.2, 0.25) is 5.91 Å². The first-order chi connectivity index (χ1) is 8.41. The van der Waals surface area contributed by atoms with Crippen LogP contribution in [0.25, 0.3) is 0 Å². The monoisotopic (exact) mass is 254 g/mol. The number of rotatable bonds is 6. The number of carbonyl (C=O) groups excluding carboxylic acids is 1. The van der Waals surface area contributed by atoms with Crippen LogP contribution in [0.5, 0.6) is 0 Å². The number of amides is 1. The third kappa shape index (κ3) is 3.71. The summed E-state index contributed by atoms with van der Waals surface area (Å²) in [6, 6.07) is 0. The van der Waals surface area contributed by atoms with Gasteiger partial charge in [0, 0.05) is 19.6 Å². The van der Waals surface area contributed by atoms with E-state index in [1.165, 1.54) is 0 Å². The molecule has 1 saturated carbocycles. The Hall–Kier alpha value is -0.570. The molecule has 3 heteroatoms. The van der Waals surface area contributed by atoms with Crippen LogP contribution >= 0.6 is 0 Å². The molecule has 0 radical (unpaired) electrons. The molecule has 106 valence electrons. The van der Waals surface area contributed by atoms with Gasteiger partial charge >= 0.3 is 0 Å². The fourth-order valence-corrected chi connectivity index (χ4v) is 3.01. The molecule has 1 aliphatic carbocycles. The molecule has 0 aromatic heterocycles. The molecule has 0 aromatic rings. The zero-order chi connectivity index (χ0) is 13.8. The first kappa shape index (κ1) is 15.5. The van der Waals surface area contributed by atoms with Crippen LogP contribution in [0.1, 0.15) is 53.4 Å². The highest BCUT2D eigenvalue weighted by Gasteiger charge is 2.42. The molecule has 1 aliphatic rings. The van der Waals surface area contributed by atoms with Crippen LogP contribution < -0.4 is 5.73 Å². The minimum absolute atomic E-state index is 0.246. The van der Waals surface area contributed by atoms with Gasteiger partial charge in [0.1, 0.15) is 0 Å². The molecular weight excluding hydrogens is 224 g/mol. The number of hydrogen-bond donors (Lipinski definition) is 1. The van der Waals surface area contributed by atoms with Crippen LogP contribution in [0.3, 0.4) is 0 Å². The molecular formula is C15H30N2O. The second-order valence-corrected chi connectivity index (χ2v) is 6.69. The van der Waals surface area contributed by atoms with Gasteiger partial charge in [-0.05, 0) is 24.7 Å². The molecule has 0 atom stereocenters. The van der Waals surface area contributed by atoms with Gasteiger partial charge in [0.25, 0.3) is 0 Å². The van der Waals surface area contributed by atoms with Crippen LogP contribution in [-0.2, 0) is 4.79 Å². The first-order valence-corrected chi connectivity index (χ1v) is 7.40. The maximum absolute atomic E-state index is 12.8. The maximum atomic E-state index is 12.8. The van der Waals surface area contributed by atoms with Crippen LogP contribution in [0.2, 0.25) is 0 Å². The standard InChI is InChI=1S/C15H30N2O/c1-12(2)9-17(10-13(3)4)14(18)15(11-16)7-5-6-8-15/h12-13H,5-11,16H2,1-4H3. The van der Waals surface area contributed by atoms with E-state index in [4.69, 9.17) is 5.73 Å². The summed E-state index contributed by atoms with van der Waals surface area (Å²) in [6.45, 7) is 10.9. The molecule has 0 heterocycles. The van der Waals surface area contributed by atoms with Crippen LogP contribution in [0.4, 0.5) is 0 Å². The van der Waals surface area contributed by atoms with E-state index < -0.39 is 0 Å². The van der Waals surface area contributed by atoms with Crippen molar-refractivity contribution in [1.29, 1.82) is 0 Å². The minimum Gasteiger partial charge on any atom is -0.342 e. The van der Waals surface area contributed by atoms with E-state index in [1.54, 1.807) is 0 Å². The number of carbonyl (C=O) groups is 1. The molecule has 0 bridgehead atoms. The van der Waals surface area contributed by atoms with E-state index >= 15 is 0 Å². The third-order valence-corrected chi connectivity index (χ3v) is 3.86. The molecule has 0 aliphatic heterocycles. The zero-order valence-corrected chi connectivity index (χ0v) is 12.5. The Morgan fingerprint density at radius 1 is 1.11 bits per heavy atom. The SMILES string of the molecule is CC(C)CN(CC(C)C)C(=O)C1(CN)CCCC1. The smallest absolute Gasteiger partial charge is 0.230 e. The highest BCUT2D eigenvalue weighted by Crippen LogP contribution is 2.39. The topological polar surface area (TPSA) is 46.3 Å². The fraction of sp³-hybridized carbons (Fsp3) is 0.933. The highest BCUT2D eigenvalue weighted by molar-refractivity contribution is 5.83. The fourth-order valence-electron chi connectivity index (χ4n) is 3.01. The van der Waals surface area contributed by atoms with Crippen LogP contribution in [0.15, 0.2) is 0 Å². The summed E-state index contributed by atoms with van der Waals surface area (Å²) in [5.41, 5.74) is 5.68. The first-order valence-electron chi connectivity index (χ1n) is 7.40. The van der Waals surface area contributed by atoms with Gasteiger partial charge in [-0.2, -0.15) is 0 Å². The summed E-state index contributed by atoms with van der Waals surface area (Å²) >= 11 is 0. The molecule has 2 N–H and O–H groups in total. The van der Waals surface area contributed by atoms with Crippen molar-refractivity contribution in [2.75, 3.05) is 19.6 Å². The summed E-state index contributed by atoms with van der Waals surface area (Å²) < 4.78 is 0. The van der Waals surface area contributed by atoms with E-state index in [-0.39, 0.29) is 5.41 Å². The lowest BCUT2D eigenvalue weighted by atomic mass is 9.84. The Labute approximate surface area is 112 Å². The van der Waals surface area contributed by atoms with E-state index in [1.807, 2.05) is 0 Å². The second-order valence-electron chi connectivity index (χ2n) is 6.69. The molecule has 18 heavy (non-hydrogen) atoms. The molecule has 0 saturated heterocycles. The molecule has 1 rings (SSSR count). The van der Waals surface area contributed by atoms with Gasteiger partial charge in [-0.25, -0.2) is 0 Å². The number of nitrogens with zero attached hydrogens (tertiary/aromatic N) is 1. The Balaban J connectivity index is 2.79. The third-order valence-electron chi connectivity index (χ3n) is 3.86. The van der Waals surface area contributed by atoms with Crippen molar-refractivity contribution in [2.24, 2.45) is 23.0 Å². The molecule has 1 fully saturated rings. The lowest BCUT2D eigenvalue weighted by Crippen LogP contribution is -2.49. The zero-order valence-electron chi connectivity index (χ0n) is 12.5. The number of nitrogens with two attached hydrogens (primary N) is 1. The van der Waals surface area contributed by atoms with Crippen molar-refractivity contribution in [3.63, 3.8) is 0 Å². The van der Waals surface area contributed by atoms with E-state index in [0.29, 0.717) is 24.3 Å². The van der Waals surface area contributed by atoms with Gasteiger partial charge in [0.15, 0.2) is 0 Å². The van der Waals surface area contributed by atoms with Gasteiger partial charge in [-0.1, -0.05) is 40.5 Å². The van der Waals surface area contributed by atoms with Crippen LogP contribution in [-0.4, -0.2) is 30.4 Å². The van der Waals surface area contributed by atoms with E-state index in [9.17, 15) is 4.79 Å². The van der Waals surface area contributed by atoms with Gasteiger partial charge < -0.3 is 10.6 Å². The van der Waals surface area contributed by atoms with Crippen molar-refractivity contribution in [2.45, 2.75) is 53.4 Å². The quantitative estimate of drug-likeness (QED) is 0.792. The lowest BCUT2D eigenvalue weighted by molar-refractivity contribution is -0.142. The predicted octanol–water partition coefficient (Wildman–Crippen LogP) is 2.65. The molecule has 0 aromatic carbocycles. The van der Waals surface area contributed by atoms with Gasteiger partial charge in [-0.3, -0.25) is 4.79 Å². The van der Waals surface area contributed by atoms with Crippen molar-refractivity contribution in [1.82, 2.24) is 4.90 Å². The Morgan fingerprint density at radius 3 is 1.89 bits per heavy atom. The Bertz CT molecular complexity index is 258. The summed E-state index contributed by atoms with van der Waals surface area (Å²) in [5.74, 6) is 1.35. The Morgan fingerprint density at radius 2 is 1.56 bits per heavy atom. The largest absolute Gasteiger partial charge is 0.342 e. The molecule has 3 nitrogen and oxygen atoms in total. The van der Waals surface area contributed by atoms with Crippen molar-refractivity contribution in [3.8, 4) is 0 Å². The normalized spacial score (nSPS) is 18.6. The summed E-state index contributed by atoms with van der Waals surface area (Å²) in [6.07, 6.45) is 4.27. The minimum atomic E-state index is -0.246. The molecule has 0 spiro atoms. The lowest BCUT2D eigenvalue weighted by Gasteiger charge is -2.35. The van der Waals surface area contributed by atoms with Crippen molar-refractivity contribution >= 4 is 5.91 Å². The van der Waals surface area contributed by atoms with E-state index in [2.05, 4.69) is 32.6 Å². The Kier molecular flexibility index (Phi) is 5.64. The summed E-state index contributed by atoms with van der Waals surface area (Å²) in [7, 11) is 0. The predicted molar refractivity (Wildman–Crippen MR) is 76.2 cm³/mol. The van der Waals surface area contributed by atoms with Gasteiger partial charge in [-0.15, -0.1) is 0 Å². The van der Waals surface area contributed by atoms with Crippen molar-refractivity contribution in [3.05, 3.63) is 0 Å². The number of hydrogen-bond acceptors (Lipinski definition) is 2. The molecule has 0 unspecified atom stereocenters. The summed E-state index contributed by atoms with van der Waals surface area (Å²) in [5, 5.41) is 0. The van der Waals surface area contributed by atoms with E-state index in [0.717, 1.165) is 38.8 Å². The second kappa shape index (κ2) is 6.55. The van der Waals surface area contributed by atoms with Crippen molar-refractivity contribution < 1.29 is 4.79 Å². The summed E-state index contributed by atoms with van der Waals surface area (Å²) in [4.78, 5) is 14.9. The molecule has 1 amide bonds. The average molecular weight is 254 g/mol. The highest BCUT2D eigenvalue weighted by atomic mass is 16.2. The van der Waals surface area contributed by atoms with Gasteiger partial charge in [0.05, 0.1) is 5.41 Å². The maximum Gasteiger partial charge on any atom is 0.230 e. The van der Waals surface area contributed by atoms with Crippen LogP contribution in [0, 0.1) is 17.3 Å².